The molecule has 0 fully saturated rings. The molecule has 1 aliphatic heterocycles. The SMILES string of the molecule is COc1ccc2sc3c(c2c1)SCCN(C)C3=O. The van der Waals surface area contributed by atoms with Crippen molar-refractivity contribution in [3.8, 4) is 5.75 Å². The molecule has 0 saturated carbocycles. The van der Waals surface area contributed by atoms with E-state index in [0.29, 0.717) is 0 Å². The van der Waals surface area contributed by atoms with E-state index >= 15 is 0 Å². The highest BCUT2D eigenvalue weighted by Gasteiger charge is 2.24. The van der Waals surface area contributed by atoms with E-state index < -0.39 is 0 Å². The van der Waals surface area contributed by atoms with E-state index in [9.17, 15) is 4.79 Å². The molecule has 5 heteroatoms. The van der Waals surface area contributed by atoms with Crippen molar-refractivity contribution in [2.45, 2.75) is 4.90 Å². The molecule has 2 aromatic rings. The molecular weight excluding hydrogens is 266 g/mol. The van der Waals surface area contributed by atoms with Crippen LogP contribution in [0.3, 0.4) is 0 Å². The molecule has 0 aliphatic carbocycles. The third kappa shape index (κ3) is 1.78. The Labute approximate surface area is 114 Å². The lowest BCUT2D eigenvalue weighted by atomic mass is 10.2. The number of nitrogens with zero attached hydrogens (tertiary/aromatic N) is 1. The fourth-order valence-corrected chi connectivity index (χ4v) is 4.58. The number of carbonyl (C=O) groups excluding carboxylic acids is 1. The van der Waals surface area contributed by atoms with Crippen LogP contribution in [0, 0.1) is 0 Å². The van der Waals surface area contributed by atoms with Gasteiger partial charge >= 0.3 is 0 Å². The highest BCUT2D eigenvalue weighted by molar-refractivity contribution is 7.99. The maximum atomic E-state index is 12.3. The smallest absolute Gasteiger partial charge is 0.264 e. The van der Waals surface area contributed by atoms with E-state index in [4.69, 9.17) is 4.74 Å². The van der Waals surface area contributed by atoms with Gasteiger partial charge in [0, 0.05) is 34.3 Å². The third-order valence-corrected chi connectivity index (χ3v) is 5.45. The molecule has 94 valence electrons. The summed E-state index contributed by atoms with van der Waals surface area (Å²) >= 11 is 3.34. The van der Waals surface area contributed by atoms with Gasteiger partial charge in [-0.1, -0.05) is 0 Å². The van der Waals surface area contributed by atoms with Crippen molar-refractivity contribution in [2.75, 3.05) is 26.5 Å². The van der Waals surface area contributed by atoms with Crippen LogP contribution in [0.5, 0.6) is 5.75 Å². The van der Waals surface area contributed by atoms with Crippen LogP contribution in [-0.2, 0) is 0 Å². The highest BCUT2D eigenvalue weighted by atomic mass is 32.2. The minimum Gasteiger partial charge on any atom is -0.497 e. The van der Waals surface area contributed by atoms with Crippen LogP contribution < -0.4 is 4.74 Å². The molecule has 1 aromatic carbocycles. The summed E-state index contributed by atoms with van der Waals surface area (Å²) in [5.41, 5.74) is 0. The molecule has 0 unspecified atom stereocenters. The van der Waals surface area contributed by atoms with E-state index in [-0.39, 0.29) is 5.91 Å². The van der Waals surface area contributed by atoms with Gasteiger partial charge in [-0.05, 0) is 18.2 Å². The second-order valence-corrected chi connectivity index (χ2v) is 6.35. The Hall–Kier alpha value is -1.20. The summed E-state index contributed by atoms with van der Waals surface area (Å²) in [6.45, 7) is 0.802. The van der Waals surface area contributed by atoms with Gasteiger partial charge in [-0.2, -0.15) is 0 Å². The average molecular weight is 279 g/mol. The van der Waals surface area contributed by atoms with E-state index in [1.54, 1.807) is 35.1 Å². The fraction of sp³-hybridized carbons (Fsp3) is 0.308. The number of thiophene rings is 1. The number of methoxy groups -OCH3 is 1. The number of hydrogen-bond donors (Lipinski definition) is 0. The molecule has 0 spiro atoms. The Balaban J connectivity index is 2.23. The largest absolute Gasteiger partial charge is 0.497 e. The Morgan fingerprint density at radius 3 is 3.00 bits per heavy atom. The van der Waals surface area contributed by atoms with Gasteiger partial charge in [0.2, 0.25) is 0 Å². The number of amides is 1. The summed E-state index contributed by atoms with van der Waals surface area (Å²) in [6, 6.07) is 5.99. The molecular formula is C13H13NO2S2. The number of ether oxygens (including phenoxy) is 1. The summed E-state index contributed by atoms with van der Waals surface area (Å²) in [7, 11) is 3.53. The second-order valence-electron chi connectivity index (χ2n) is 4.20. The number of fused-ring (bicyclic) bond motifs is 3. The van der Waals surface area contributed by atoms with E-state index in [1.807, 2.05) is 25.2 Å². The zero-order valence-corrected chi connectivity index (χ0v) is 11.9. The molecule has 1 aromatic heterocycles. The first-order valence-electron chi connectivity index (χ1n) is 5.69. The molecule has 1 aliphatic rings. The number of hydrogen-bond acceptors (Lipinski definition) is 4. The Kier molecular flexibility index (Phi) is 2.95. The predicted molar refractivity (Wildman–Crippen MR) is 76.1 cm³/mol. The minimum atomic E-state index is 0.134. The highest BCUT2D eigenvalue weighted by Crippen LogP contribution is 2.41. The normalized spacial score (nSPS) is 15.7. The Morgan fingerprint density at radius 2 is 2.22 bits per heavy atom. The van der Waals surface area contributed by atoms with Crippen LogP contribution in [0.4, 0.5) is 0 Å². The minimum absolute atomic E-state index is 0.134. The molecule has 0 saturated heterocycles. The number of carbonyl (C=O) groups is 1. The van der Waals surface area contributed by atoms with Crippen molar-refractivity contribution in [1.29, 1.82) is 0 Å². The molecule has 0 atom stereocenters. The van der Waals surface area contributed by atoms with Crippen molar-refractivity contribution < 1.29 is 9.53 Å². The molecule has 1 amide bonds. The average Bonchev–Trinajstić information content (AvgIpc) is 2.69. The third-order valence-electron chi connectivity index (χ3n) is 3.06. The van der Waals surface area contributed by atoms with Crippen molar-refractivity contribution in [3.05, 3.63) is 23.1 Å². The van der Waals surface area contributed by atoms with Crippen LogP contribution in [0.25, 0.3) is 10.1 Å². The Morgan fingerprint density at radius 1 is 1.39 bits per heavy atom. The lowest BCUT2D eigenvalue weighted by Gasteiger charge is -2.11. The lowest BCUT2D eigenvalue weighted by molar-refractivity contribution is 0.0807. The molecule has 18 heavy (non-hydrogen) atoms. The number of thioether (sulfide) groups is 1. The van der Waals surface area contributed by atoms with Crippen LogP contribution in [0.2, 0.25) is 0 Å². The zero-order valence-electron chi connectivity index (χ0n) is 10.2. The van der Waals surface area contributed by atoms with E-state index in [0.717, 1.165) is 37.9 Å². The number of benzene rings is 1. The summed E-state index contributed by atoms with van der Waals surface area (Å²) in [5, 5.41) is 1.14. The van der Waals surface area contributed by atoms with E-state index in [2.05, 4.69) is 0 Å². The van der Waals surface area contributed by atoms with Crippen LogP contribution >= 0.6 is 23.1 Å². The maximum absolute atomic E-state index is 12.3. The standard InChI is InChI=1S/C13H13NO2S2/c1-14-5-6-17-11-9-7-8(16-2)3-4-10(9)18-12(11)13(14)15/h3-4,7H,5-6H2,1-2H3. The first-order valence-corrected chi connectivity index (χ1v) is 7.49. The van der Waals surface area contributed by atoms with Gasteiger partial charge < -0.3 is 9.64 Å². The van der Waals surface area contributed by atoms with Gasteiger partial charge in [0.1, 0.15) is 10.6 Å². The van der Waals surface area contributed by atoms with Crippen molar-refractivity contribution in [2.24, 2.45) is 0 Å². The van der Waals surface area contributed by atoms with Gasteiger partial charge in [-0.3, -0.25) is 4.79 Å². The van der Waals surface area contributed by atoms with Gasteiger partial charge in [0.15, 0.2) is 0 Å². The van der Waals surface area contributed by atoms with Gasteiger partial charge in [0.25, 0.3) is 5.91 Å². The van der Waals surface area contributed by atoms with Gasteiger partial charge in [-0.25, -0.2) is 0 Å². The van der Waals surface area contributed by atoms with Crippen LogP contribution in [0.15, 0.2) is 23.1 Å². The summed E-state index contributed by atoms with van der Waals surface area (Å²) in [6.07, 6.45) is 0. The predicted octanol–water partition coefficient (Wildman–Crippen LogP) is 3.09. The van der Waals surface area contributed by atoms with Gasteiger partial charge in [-0.15, -0.1) is 23.1 Å². The molecule has 2 heterocycles. The van der Waals surface area contributed by atoms with Crippen molar-refractivity contribution in [3.63, 3.8) is 0 Å². The molecule has 3 rings (SSSR count). The van der Waals surface area contributed by atoms with Crippen molar-refractivity contribution >= 4 is 39.1 Å². The zero-order chi connectivity index (χ0) is 12.7. The van der Waals surface area contributed by atoms with E-state index in [1.165, 1.54) is 0 Å². The molecule has 3 nitrogen and oxygen atoms in total. The molecule has 0 bridgehead atoms. The summed E-state index contributed by atoms with van der Waals surface area (Å²) in [4.78, 5) is 16.0. The summed E-state index contributed by atoms with van der Waals surface area (Å²) in [5.74, 6) is 1.92. The topological polar surface area (TPSA) is 29.5 Å². The lowest BCUT2D eigenvalue weighted by Crippen LogP contribution is -2.26. The second kappa shape index (κ2) is 4.48. The maximum Gasteiger partial charge on any atom is 0.264 e. The van der Waals surface area contributed by atoms with Crippen LogP contribution in [0.1, 0.15) is 9.67 Å². The van der Waals surface area contributed by atoms with Crippen molar-refractivity contribution in [1.82, 2.24) is 4.90 Å². The van der Waals surface area contributed by atoms with Gasteiger partial charge in [0.05, 0.1) is 7.11 Å². The fourth-order valence-electron chi connectivity index (χ4n) is 2.02. The molecule has 0 N–H and O–H groups in total. The first-order chi connectivity index (χ1) is 8.70. The number of rotatable bonds is 1. The molecule has 0 radical (unpaired) electrons. The first kappa shape index (κ1) is 11.9. The quantitative estimate of drug-likeness (QED) is 0.803. The van der Waals surface area contributed by atoms with Crippen LogP contribution in [-0.4, -0.2) is 37.3 Å². The summed E-state index contributed by atoms with van der Waals surface area (Å²) < 4.78 is 6.41. The Bertz CT molecular complexity index is 621. The monoisotopic (exact) mass is 279 g/mol.